The topological polar surface area (TPSA) is 104 Å². The molecule has 0 unspecified atom stereocenters. The number of nitriles is 1. The van der Waals surface area contributed by atoms with Crippen LogP contribution in [0.15, 0.2) is 60.1 Å². The molecule has 4 aromatic rings. The van der Waals surface area contributed by atoms with Crippen LogP contribution < -0.4 is 10.6 Å². The van der Waals surface area contributed by atoms with Crippen LogP contribution in [0.1, 0.15) is 48.7 Å². The molecule has 0 bridgehead atoms. The van der Waals surface area contributed by atoms with Crippen molar-refractivity contribution in [3.05, 3.63) is 92.2 Å². The van der Waals surface area contributed by atoms with Crippen molar-refractivity contribution in [2.24, 2.45) is 0 Å². The molecule has 0 fully saturated rings. The van der Waals surface area contributed by atoms with Gasteiger partial charge in [0, 0.05) is 22.8 Å². The lowest BCUT2D eigenvalue weighted by molar-refractivity contribution is 0.0527. The van der Waals surface area contributed by atoms with Gasteiger partial charge in [-0.25, -0.2) is 9.78 Å². The Balaban J connectivity index is 1.64. The number of carbonyl (C=O) groups excluding carboxylic acids is 2. The summed E-state index contributed by atoms with van der Waals surface area (Å²) >= 11 is 2.49. The van der Waals surface area contributed by atoms with Crippen LogP contribution in [0.3, 0.4) is 0 Å². The van der Waals surface area contributed by atoms with Gasteiger partial charge in [0.15, 0.2) is 0 Å². The van der Waals surface area contributed by atoms with Gasteiger partial charge in [-0.2, -0.15) is 5.26 Å². The van der Waals surface area contributed by atoms with E-state index in [0.717, 1.165) is 22.6 Å². The predicted octanol–water partition coefficient (Wildman–Crippen LogP) is 7.20. The molecule has 2 aromatic carbocycles. The number of ether oxygens (including phenoxy) is 1. The number of benzene rings is 2. The summed E-state index contributed by atoms with van der Waals surface area (Å²) in [5.74, 6) is -0.875. The van der Waals surface area contributed by atoms with Crippen LogP contribution in [0.5, 0.6) is 0 Å². The molecule has 0 aliphatic heterocycles. The maximum atomic E-state index is 13.0. The van der Waals surface area contributed by atoms with E-state index in [0.29, 0.717) is 31.7 Å². The molecule has 0 aliphatic rings. The minimum absolute atomic E-state index is 0.193. The van der Waals surface area contributed by atoms with Crippen LogP contribution in [0.25, 0.3) is 16.8 Å². The first-order valence-electron chi connectivity index (χ1n) is 11.9. The number of aromatic nitrogens is 1. The molecule has 9 heteroatoms. The van der Waals surface area contributed by atoms with Gasteiger partial charge < -0.3 is 15.4 Å². The molecule has 2 aromatic heterocycles. The number of hydrogen-bond donors (Lipinski definition) is 2. The van der Waals surface area contributed by atoms with E-state index >= 15 is 0 Å². The van der Waals surface area contributed by atoms with E-state index in [1.165, 1.54) is 28.7 Å². The maximum Gasteiger partial charge on any atom is 0.341 e. The monoisotopic (exact) mass is 542 g/mol. The second-order valence-corrected chi connectivity index (χ2v) is 10.3. The minimum atomic E-state index is -0.541. The Morgan fingerprint density at radius 1 is 1.11 bits per heavy atom. The van der Waals surface area contributed by atoms with Crippen LogP contribution in [0.4, 0.5) is 10.7 Å². The van der Waals surface area contributed by atoms with Gasteiger partial charge in [-0.15, -0.1) is 22.7 Å². The first-order chi connectivity index (χ1) is 18.3. The Morgan fingerprint density at radius 2 is 1.87 bits per heavy atom. The van der Waals surface area contributed by atoms with E-state index in [1.54, 1.807) is 26.0 Å². The Hall–Kier alpha value is -4.26. The number of esters is 1. The second-order valence-electron chi connectivity index (χ2n) is 8.45. The van der Waals surface area contributed by atoms with Gasteiger partial charge in [0.2, 0.25) is 0 Å². The smallest absolute Gasteiger partial charge is 0.341 e. The number of aryl methyl sites for hydroxylation is 2. The van der Waals surface area contributed by atoms with Crippen LogP contribution in [-0.4, -0.2) is 23.5 Å². The van der Waals surface area contributed by atoms with Gasteiger partial charge in [0.05, 0.1) is 22.7 Å². The molecule has 0 saturated heterocycles. The highest BCUT2D eigenvalue weighted by molar-refractivity contribution is 7.18. The number of para-hydroxylation sites is 1. The van der Waals surface area contributed by atoms with Gasteiger partial charge in [-0.05, 0) is 62.6 Å². The summed E-state index contributed by atoms with van der Waals surface area (Å²) in [6.07, 6.45) is 1.51. The van der Waals surface area contributed by atoms with Crippen molar-refractivity contribution in [2.45, 2.75) is 27.7 Å². The van der Waals surface area contributed by atoms with Crippen molar-refractivity contribution >= 4 is 50.8 Å². The standard InChI is InChI=1S/C29H26N4O3S2/c1-5-36-29(35)24-19(4)25(26(34)32-22-9-7-6-8-10-22)38-28(24)31-15-21(14-30)27-33-23(16-37-27)20-12-11-17(2)18(3)13-20/h6-13,15-16,31H,5H2,1-4H3,(H,32,34). The Bertz CT molecular complexity index is 1560. The van der Waals surface area contributed by atoms with Gasteiger partial charge in [0.25, 0.3) is 5.91 Å². The average molecular weight is 543 g/mol. The van der Waals surface area contributed by atoms with E-state index in [4.69, 9.17) is 4.74 Å². The highest BCUT2D eigenvalue weighted by Crippen LogP contribution is 2.35. The second kappa shape index (κ2) is 11.9. The molecule has 2 heterocycles. The Labute approximate surface area is 229 Å². The zero-order chi connectivity index (χ0) is 27.2. The number of nitrogens with zero attached hydrogens (tertiary/aromatic N) is 2. The lowest BCUT2D eigenvalue weighted by atomic mass is 10.1. The summed E-state index contributed by atoms with van der Waals surface area (Å²) in [7, 11) is 0. The molecule has 0 aliphatic carbocycles. The van der Waals surface area contributed by atoms with Gasteiger partial charge in [-0.3, -0.25) is 4.79 Å². The fourth-order valence-corrected chi connectivity index (χ4v) is 5.55. The normalized spacial score (nSPS) is 11.1. The van der Waals surface area contributed by atoms with Crippen LogP contribution in [-0.2, 0) is 4.74 Å². The Morgan fingerprint density at radius 3 is 2.55 bits per heavy atom. The van der Waals surface area contributed by atoms with Crippen LogP contribution in [0, 0.1) is 32.1 Å². The lowest BCUT2D eigenvalue weighted by Gasteiger charge is -2.06. The van der Waals surface area contributed by atoms with Gasteiger partial charge >= 0.3 is 5.97 Å². The third-order valence-corrected chi connectivity index (χ3v) is 7.97. The Kier molecular flexibility index (Phi) is 8.36. The van der Waals surface area contributed by atoms with E-state index in [1.807, 2.05) is 35.7 Å². The lowest BCUT2D eigenvalue weighted by Crippen LogP contribution is -2.12. The van der Waals surface area contributed by atoms with E-state index in [2.05, 4.69) is 41.6 Å². The summed E-state index contributed by atoms with van der Waals surface area (Å²) < 4.78 is 5.25. The predicted molar refractivity (Wildman–Crippen MR) is 154 cm³/mol. The molecule has 4 rings (SSSR count). The summed E-state index contributed by atoms with van der Waals surface area (Å²) in [6, 6.07) is 17.4. The molecular formula is C29H26N4O3S2. The largest absolute Gasteiger partial charge is 0.462 e. The molecule has 2 N–H and O–H groups in total. The number of amides is 1. The minimum Gasteiger partial charge on any atom is -0.462 e. The third kappa shape index (κ3) is 5.83. The summed E-state index contributed by atoms with van der Waals surface area (Å²) in [5, 5.41) is 18.6. The average Bonchev–Trinajstić information content (AvgIpc) is 3.52. The van der Waals surface area contributed by atoms with E-state index < -0.39 is 5.97 Å². The van der Waals surface area contributed by atoms with Crippen molar-refractivity contribution < 1.29 is 14.3 Å². The zero-order valence-electron chi connectivity index (χ0n) is 21.4. The molecular weight excluding hydrogens is 516 g/mol. The van der Waals surface area contributed by atoms with Crippen molar-refractivity contribution in [3.63, 3.8) is 0 Å². The number of hydrogen-bond acceptors (Lipinski definition) is 8. The van der Waals surface area contributed by atoms with Crippen molar-refractivity contribution in [1.29, 1.82) is 5.26 Å². The van der Waals surface area contributed by atoms with Gasteiger partial charge in [0.1, 0.15) is 21.7 Å². The van der Waals surface area contributed by atoms with Crippen LogP contribution in [0.2, 0.25) is 0 Å². The fraction of sp³-hybridized carbons (Fsp3) is 0.172. The molecule has 1 amide bonds. The highest BCUT2D eigenvalue weighted by Gasteiger charge is 2.25. The number of nitrogens with one attached hydrogen (secondary N) is 2. The molecule has 0 spiro atoms. The van der Waals surface area contributed by atoms with Crippen molar-refractivity contribution in [2.75, 3.05) is 17.2 Å². The summed E-state index contributed by atoms with van der Waals surface area (Å²) in [5.41, 5.74) is 5.85. The molecule has 38 heavy (non-hydrogen) atoms. The number of thiophene rings is 1. The van der Waals surface area contributed by atoms with E-state index in [9.17, 15) is 14.9 Å². The van der Waals surface area contributed by atoms with Gasteiger partial charge in [-0.1, -0.05) is 30.3 Å². The van der Waals surface area contributed by atoms with Crippen molar-refractivity contribution in [3.8, 4) is 17.3 Å². The zero-order valence-corrected chi connectivity index (χ0v) is 23.0. The first kappa shape index (κ1) is 26.8. The number of thiazole rings is 1. The third-order valence-electron chi connectivity index (χ3n) is 5.87. The highest BCUT2D eigenvalue weighted by atomic mass is 32.1. The molecule has 0 radical (unpaired) electrons. The van der Waals surface area contributed by atoms with Crippen molar-refractivity contribution in [1.82, 2.24) is 4.98 Å². The molecule has 0 saturated carbocycles. The fourth-order valence-electron chi connectivity index (χ4n) is 3.70. The number of rotatable bonds is 8. The molecule has 7 nitrogen and oxygen atoms in total. The van der Waals surface area contributed by atoms with E-state index in [-0.39, 0.29) is 18.1 Å². The SMILES string of the molecule is CCOC(=O)c1c(NC=C(C#N)c2nc(-c3ccc(C)c(C)c3)cs2)sc(C(=O)Nc2ccccc2)c1C. The molecule has 0 atom stereocenters. The first-order valence-corrected chi connectivity index (χ1v) is 13.6. The number of allylic oxidation sites excluding steroid dienone is 1. The number of carbonyl (C=O) groups is 2. The quantitative estimate of drug-likeness (QED) is 0.180. The molecule has 192 valence electrons. The maximum absolute atomic E-state index is 13.0. The summed E-state index contributed by atoms with van der Waals surface area (Å²) in [6.45, 7) is 7.73. The number of anilines is 2. The van der Waals surface area contributed by atoms with Crippen LogP contribution >= 0.6 is 22.7 Å². The summed E-state index contributed by atoms with van der Waals surface area (Å²) in [4.78, 5) is 30.8.